The van der Waals surface area contributed by atoms with E-state index in [1.54, 1.807) is 18.2 Å². The Morgan fingerprint density at radius 2 is 2.35 bits per heavy atom. The highest BCUT2D eigenvalue weighted by molar-refractivity contribution is 6.10. The maximum atomic E-state index is 12.5. The molecule has 1 atom stereocenters. The molecular formula is C18H23N5O3. The number of aromatic amines is 1. The van der Waals surface area contributed by atoms with Crippen molar-refractivity contribution in [3.8, 4) is 0 Å². The Morgan fingerprint density at radius 1 is 1.50 bits per heavy atom. The Balaban J connectivity index is 1.83. The predicted molar refractivity (Wildman–Crippen MR) is 98.1 cm³/mol. The monoisotopic (exact) mass is 357 g/mol. The first-order valence-electron chi connectivity index (χ1n) is 8.66. The number of piperidine rings is 1. The van der Waals surface area contributed by atoms with E-state index in [1.165, 1.54) is 12.4 Å². The zero-order chi connectivity index (χ0) is 18.5. The van der Waals surface area contributed by atoms with Crippen LogP contribution in [-0.2, 0) is 9.53 Å². The summed E-state index contributed by atoms with van der Waals surface area (Å²) in [6.45, 7) is 5.22. The number of H-pyrrole nitrogens is 1. The van der Waals surface area contributed by atoms with Crippen molar-refractivity contribution in [3.05, 3.63) is 30.7 Å². The van der Waals surface area contributed by atoms with Gasteiger partial charge in [0, 0.05) is 44.4 Å². The molecule has 1 aliphatic heterocycles. The highest BCUT2D eigenvalue weighted by Gasteiger charge is 2.24. The number of methoxy groups -OCH3 is 1. The number of nitrogens with one attached hydrogen (secondary N) is 2. The van der Waals surface area contributed by atoms with Gasteiger partial charge in [0.15, 0.2) is 5.78 Å². The summed E-state index contributed by atoms with van der Waals surface area (Å²) in [6.07, 6.45) is 6.58. The van der Waals surface area contributed by atoms with Gasteiger partial charge < -0.3 is 19.9 Å². The first kappa shape index (κ1) is 18.1. The average Bonchev–Trinajstić information content (AvgIpc) is 3.11. The summed E-state index contributed by atoms with van der Waals surface area (Å²) in [5.74, 6) is 0.513. The van der Waals surface area contributed by atoms with E-state index in [-0.39, 0.29) is 17.7 Å². The zero-order valence-corrected chi connectivity index (χ0v) is 14.8. The van der Waals surface area contributed by atoms with Crippen LogP contribution in [0.2, 0.25) is 0 Å². The molecule has 26 heavy (non-hydrogen) atoms. The minimum atomic E-state index is -0.0681. The minimum Gasteiger partial charge on any atom is -0.384 e. The molecule has 0 unspecified atom stereocenters. The third-order valence-corrected chi connectivity index (χ3v) is 4.55. The summed E-state index contributed by atoms with van der Waals surface area (Å²) < 4.78 is 5.00. The molecule has 1 aliphatic rings. The molecule has 0 saturated carbocycles. The van der Waals surface area contributed by atoms with E-state index in [0.29, 0.717) is 42.0 Å². The van der Waals surface area contributed by atoms with Gasteiger partial charge in [-0.3, -0.25) is 9.59 Å². The van der Waals surface area contributed by atoms with Gasteiger partial charge in [-0.2, -0.15) is 0 Å². The fourth-order valence-electron chi connectivity index (χ4n) is 3.24. The van der Waals surface area contributed by atoms with Crippen molar-refractivity contribution < 1.29 is 14.3 Å². The molecule has 138 valence electrons. The van der Waals surface area contributed by atoms with E-state index in [4.69, 9.17) is 4.74 Å². The van der Waals surface area contributed by atoms with Crippen LogP contribution in [0.25, 0.3) is 11.0 Å². The van der Waals surface area contributed by atoms with Gasteiger partial charge >= 0.3 is 0 Å². The molecule has 1 amide bonds. The molecule has 3 rings (SSSR count). The third kappa shape index (κ3) is 3.75. The van der Waals surface area contributed by atoms with Crippen molar-refractivity contribution in [2.24, 2.45) is 0 Å². The normalized spacial score (nSPS) is 17.3. The number of aromatic nitrogens is 3. The van der Waals surface area contributed by atoms with Gasteiger partial charge in [-0.15, -0.1) is 0 Å². The minimum absolute atomic E-state index is 0.0249. The lowest BCUT2D eigenvalue weighted by molar-refractivity contribution is -0.127. The van der Waals surface area contributed by atoms with Gasteiger partial charge in [0.05, 0.1) is 12.0 Å². The van der Waals surface area contributed by atoms with Crippen molar-refractivity contribution >= 4 is 28.5 Å². The Bertz CT molecular complexity index is 816. The van der Waals surface area contributed by atoms with Crippen LogP contribution in [0.1, 0.15) is 29.6 Å². The van der Waals surface area contributed by atoms with Crippen molar-refractivity contribution in [2.75, 3.05) is 32.1 Å². The molecule has 0 aliphatic carbocycles. The van der Waals surface area contributed by atoms with Gasteiger partial charge in [-0.25, -0.2) is 9.97 Å². The number of amides is 1. The summed E-state index contributed by atoms with van der Waals surface area (Å²) >= 11 is 0. The van der Waals surface area contributed by atoms with Crippen molar-refractivity contribution in [2.45, 2.75) is 25.3 Å². The number of rotatable bonds is 7. The molecule has 0 aromatic carbocycles. The fraction of sp³-hybridized carbons (Fsp3) is 0.444. The van der Waals surface area contributed by atoms with Crippen LogP contribution in [0.15, 0.2) is 25.2 Å². The van der Waals surface area contributed by atoms with E-state index < -0.39 is 0 Å². The highest BCUT2D eigenvalue weighted by atomic mass is 16.5. The van der Waals surface area contributed by atoms with Gasteiger partial charge in [0.25, 0.3) is 0 Å². The number of hydrogen-bond donors (Lipinski definition) is 2. The summed E-state index contributed by atoms with van der Waals surface area (Å²) in [7, 11) is 1.57. The van der Waals surface area contributed by atoms with Crippen LogP contribution in [0, 0.1) is 0 Å². The molecule has 1 saturated heterocycles. The Morgan fingerprint density at radius 3 is 3.12 bits per heavy atom. The summed E-state index contributed by atoms with van der Waals surface area (Å²) in [4.78, 5) is 37.7. The van der Waals surface area contributed by atoms with Crippen molar-refractivity contribution in [1.82, 2.24) is 19.9 Å². The second kappa shape index (κ2) is 8.09. The number of likely N-dealkylation sites (tertiary alicyclic amines) is 1. The van der Waals surface area contributed by atoms with E-state index >= 15 is 0 Å². The molecule has 3 heterocycles. The summed E-state index contributed by atoms with van der Waals surface area (Å²) in [5, 5.41) is 4.07. The lowest BCUT2D eigenvalue weighted by Crippen LogP contribution is -2.44. The van der Waals surface area contributed by atoms with Crippen LogP contribution in [0.3, 0.4) is 0 Å². The standard InChI is InChI=1S/C18H23N5O3/c1-3-15(25)23-7-4-5-12(10-23)22-18-16-13(14(24)6-8-26-2)9-19-17(16)20-11-21-18/h3,9,11-12H,1,4-8,10H2,2H3,(H2,19,20,21,22)/t12-/m1/s1. The Labute approximate surface area is 151 Å². The van der Waals surface area contributed by atoms with Crippen LogP contribution in [-0.4, -0.2) is 64.4 Å². The number of carbonyl (C=O) groups is 2. The third-order valence-electron chi connectivity index (χ3n) is 4.55. The maximum absolute atomic E-state index is 12.5. The molecule has 0 bridgehead atoms. The van der Waals surface area contributed by atoms with Gasteiger partial charge in [0.1, 0.15) is 17.8 Å². The zero-order valence-electron chi connectivity index (χ0n) is 14.8. The number of ketones is 1. The lowest BCUT2D eigenvalue weighted by Gasteiger charge is -2.32. The SMILES string of the molecule is C=CC(=O)N1CCC[C@@H](Nc2ncnc3[nH]cc(C(=O)CCOC)c23)C1. The van der Waals surface area contributed by atoms with E-state index in [1.807, 2.05) is 0 Å². The summed E-state index contributed by atoms with van der Waals surface area (Å²) in [5.41, 5.74) is 1.16. The van der Waals surface area contributed by atoms with E-state index in [2.05, 4.69) is 26.8 Å². The van der Waals surface area contributed by atoms with Crippen LogP contribution in [0.4, 0.5) is 5.82 Å². The molecule has 0 radical (unpaired) electrons. The van der Waals surface area contributed by atoms with Gasteiger partial charge in [0.2, 0.25) is 5.91 Å². The quantitative estimate of drug-likeness (QED) is 0.579. The largest absolute Gasteiger partial charge is 0.384 e. The average molecular weight is 357 g/mol. The predicted octanol–water partition coefficient (Wildman–Crippen LogP) is 1.77. The molecule has 2 aromatic heterocycles. The van der Waals surface area contributed by atoms with Crippen LogP contribution >= 0.6 is 0 Å². The molecule has 8 heteroatoms. The number of ether oxygens (including phenoxy) is 1. The second-order valence-corrected chi connectivity index (χ2v) is 6.29. The van der Waals surface area contributed by atoms with Crippen molar-refractivity contribution in [1.29, 1.82) is 0 Å². The molecular weight excluding hydrogens is 334 g/mol. The molecule has 0 spiro atoms. The molecule has 8 nitrogen and oxygen atoms in total. The first-order chi connectivity index (χ1) is 12.6. The number of Topliss-reactive ketones (excluding diaryl/α,β-unsaturated/α-hetero) is 1. The molecule has 1 fully saturated rings. The van der Waals surface area contributed by atoms with Gasteiger partial charge in [-0.1, -0.05) is 6.58 Å². The fourth-order valence-corrected chi connectivity index (χ4v) is 3.24. The first-order valence-corrected chi connectivity index (χ1v) is 8.66. The van der Waals surface area contributed by atoms with E-state index in [9.17, 15) is 9.59 Å². The highest BCUT2D eigenvalue weighted by Crippen LogP contribution is 2.26. The smallest absolute Gasteiger partial charge is 0.246 e. The number of anilines is 1. The Hall–Kier alpha value is -2.74. The molecule has 2 aromatic rings. The van der Waals surface area contributed by atoms with Crippen molar-refractivity contribution in [3.63, 3.8) is 0 Å². The second-order valence-electron chi connectivity index (χ2n) is 6.29. The molecule has 2 N–H and O–H groups in total. The maximum Gasteiger partial charge on any atom is 0.246 e. The summed E-state index contributed by atoms with van der Waals surface area (Å²) in [6, 6.07) is 0.0579. The number of hydrogen-bond acceptors (Lipinski definition) is 6. The van der Waals surface area contributed by atoms with Gasteiger partial charge in [-0.05, 0) is 18.9 Å². The lowest BCUT2D eigenvalue weighted by atomic mass is 10.0. The number of carbonyl (C=O) groups excluding carboxylic acids is 2. The number of fused-ring (bicyclic) bond motifs is 1. The van der Waals surface area contributed by atoms with E-state index in [0.717, 1.165) is 19.4 Å². The topological polar surface area (TPSA) is 100 Å². The number of nitrogens with zero attached hydrogens (tertiary/aromatic N) is 3. The Kier molecular flexibility index (Phi) is 5.62. The van der Waals surface area contributed by atoms with Crippen LogP contribution in [0.5, 0.6) is 0 Å². The van der Waals surface area contributed by atoms with Crippen LogP contribution < -0.4 is 5.32 Å².